The molecule has 1 amide bonds. The van der Waals surface area contributed by atoms with Crippen LogP contribution in [0.3, 0.4) is 0 Å². The van der Waals surface area contributed by atoms with E-state index in [9.17, 15) is 9.59 Å². The van der Waals surface area contributed by atoms with Gasteiger partial charge in [-0.15, -0.1) is 0 Å². The van der Waals surface area contributed by atoms with Crippen LogP contribution in [0, 0.1) is 5.92 Å². The highest BCUT2D eigenvalue weighted by atomic mass is 16.5. The molecule has 8 nitrogen and oxygen atoms in total. The Balaban J connectivity index is 1.31. The number of carbonyl (C=O) groups is 1. The zero-order chi connectivity index (χ0) is 20.2. The topological polar surface area (TPSA) is 82.9 Å². The highest BCUT2D eigenvalue weighted by Gasteiger charge is 2.39. The molecule has 160 valence electrons. The van der Waals surface area contributed by atoms with Crippen LogP contribution in [0.5, 0.6) is 0 Å². The average molecular weight is 412 g/mol. The molecule has 8 heteroatoms. The first-order valence-electron chi connectivity index (χ1n) is 11.4. The second kappa shape index (κ2) is 7.20. The molecule has 2 aromatic heterocycles. The number of H-pyrrole nitrogens is 1. The van der Waals surface area contributed by atoms with Crippen molar-refractivity contribution in [2.75, 3.05) is 26.3 Å². The third-order valence-electron chi connectivity index (χ3n) is 7.34. The Hall–Kier alpha value is -2.19. The number of fused-ring (bicyclic) bond motifs is 2. The lowest BCUT2D eigenvalue weighted by atomic mass is 10.0. The number of hydrogen-bond acceptors (Lipinski definition) is 5. The highest BCUT2D eigenvalue weighted by molar-refractivity contribution is 5.81. The maximum absolute atomic E-state index is 13.3. The molecule has 1 N–H and O–H groups in total. The molecular formula is C22H29N5O3. The second-order valence-corrected chi connectivity index (χ2v) is 9.28. The van der Waals surface area contributed by atoms with Gasteiger partial charge in [-0.2, -0.15) is 0 Å². The van der Waals surface area contributed by atoms with Gasteiger partial charge in [-0.05, 0) is 38.5 Å². The summed E-state index contributed by atoms with van der Waals surface area (Å²) in [7, 11) is 0. The molecule has 2 saturated heterocycles. The minimum atomic E-state index is 0.0103. The van der Waals surface area contributed by atoms with Crippen molar-refractivity contribution >= 4 is 11.6 Å². The number of hydrogen-bond donors (Lipinski definition) is 1. The standard InChI is InChI=1S/C22H29N5O3/c28-21(14-3-4-14)26-8-1-2-19(26)18-12-20-23-17-5-9-25(15-6-10-30-11-7-15)13-16(17)22(29)27(20)24-18/h12,14-15,19,24H,1-11,13H2. The van der Waals surface area contributed by atoms with Crippen molar-refractivity contribution in [1.82, 2.24) is 24.4 Å². The van der Waals surface area contributed by atoms with Crippen LogP contribution >= 0.6 is 0 Å². The fraction of sp³-hybridized carbons (Fsp3) is 0.682. The van der Waals surface area contributed by atoms with Gasteiger partial charge in [0, 0.05) is 57.3 Å². The van der Waals surface area contributed by atoms with E-state index in [2.05, 4.69) is 10.00 Å². The molecule has 1 saturated carbocycles. The molecule has 3 fully saturated rings. The van der Waals surface area contributed by atoms with E-state index in [0.29, 0.717) is 18.2 Å². The lowest BCUT2D eigenvalue weighted by Crippen LogP contribution is -2.44. The number of rotatable bonds is 3. The van der Waals surface area contributed by atoms with Gasteiger partial charge in [-0.25, -0.2) is 9.50 Å². The van der Waals surface area contributed by atoms with Gasteiger partial charge in [0.2, 0.25) is 5.91 Å². The predicted octanol–water partition coefficient (Wildman–Crippen LogP) is 1.63. The molecule has 5 heterocycles. The monoisotopic (exact) mass is 411 g/mol. The summed E-state index contributed by atoms with van der Waals surface area (Å²) >= 11 is 0. The average Bonchev–Trinajstić information content (AvgIpc) is 3.36. The number of nitrogens with zero attached hydrogens (tertiary/aromatic N) is 4. The van der Waals surface area contributed by atoms with E-state index in [1.165, 1.54) is 0 Å². The van der Waals surface area contributed by atoms with Crippen LogP contribution in [0.25, 0.3) is 5.65 Å². The van der Waals surface area contributed by atoms with Gasteiger partial charge in [0.15, 0.2) is 5.65 Å². The van der Waals surface area contributed by atoms with E-state index < -0.39 is 0 Å². The Labute approximate surface area is 175 Å². The molecule has 30 heavy (non-hydrogen) atoms. The van der Waals surface area contributed by atoms with Gasteiger partial charge in [0.1, 0.15) is 0 Å². The van der Waals surface area contributed by atoms with Crippen molar-refractivity contribution in [1.29, 1.82) is 0 Å². The van der Waals surface area contributed by atoms with E-state index in [4.69, 9.17) is 9.72 Å². The summed E-state index contributed by atoms with van der Waals surface area (Å²) in [5, 5.41) is 3.30. The number of amides is 1. The summed E-state index contributed by atoms with van der Waals surface area (Å²) in [4.78, 5) is 35.3. The molecule has 2 aromatic rings. The van der Waals surface area contributed by atoms with Crippen molar-refractivity contribution in [3.8, 4) is 0 Å². The number of likely N-dealkylation sites (tertiary alicyclic amines) is 1. The fourth-order valence-electron chi connectivity index (χ4n) is 5.47. The van der Waals surface area contributed by atoms with Crippen molar-refractivity contribution < 1.29 is 9.53 Å². The summed E-state index contributed by atoms with van der Waals surface area (Å²) in [5.74, 6) is 0.502. The maximum atomic E-state index is 13.3. The number of aromatic nitrogens is 3. The molecule has 1 atom stereocenters. The molecule has 0 aromatic carbocycles. The van der Waals surface area contributed by atoms with E-state index in [0.717, 1.165) is 88.2 Å². The molecule has 4 aliphatic rings. The predicted molar refractivity (Wildman–Crippen MR) is 110 cm³/mol. The molecular weight excluding hydrogens is 382 g/mol. The van der Waals surface area contributed by atoms with Crippen LogP contribution in [0.1, 0.15) is 61.5 Å². The lowest BCUT2D eigenvalue weighted by molar-refractivity contribution is -0.133. The third kappa shape index (κ3) is 3.08. The van der Waals surface area contributed by atoms with Crippen LogP contribution in [0.15, 0.2) is 10.9 Å². The second-order valence-electron chi connectivity index (χ2n) is 9.28. The van der Waals surface area contributed by atoms with Crippen molar-refractivity contribution in [2.45, 2.75) is 63.6 Å². The quantitative estimate of drug-likeness (QED) is 0.830. The van der Waals surface area contributed by atoms with Crippen LogP contribution in [0.4, 0.5) is 0 Å². The van der Waals surface area contributed by atoms with Crippen molar-refractivity contribution in [3.63, 3.8) is 0 Å². The third-order valence-corrected chi connectivity index (χ3v) is 7.34. The molecule has 0 bridgehead atoms. The normalized spacial score (nSPS) is 25.7. The zero-order valence-electron chi connectivity index (χ0n) is 17.3. The van der Waals surface area contributed by atoms with Crippen molar-refractivity contribution in [3.05, 3.63) is 33.4 Å². The Kier molecular flexibility index (Phi) is 4.46. The Morgan fingerprint density at radius 3 is 2.77 bits per heavy atom. The van der Waals surface area contributed by atoms with E-state index in [1.54, 1.807) is 4.52 Å². The highest BCUT2D eigenvalue weighted by Crippen LogP contribution is 2.38. The summed E-state index contributed by atoms with van der Waals surface area (Å²) in [6.07, 6.45) is 6.87. The largest absolute Gasteiger partial charge is 0.381 e. The van der Waals surface area contributed by atoms with Gasteiger partial charge < -0.3 is 9.64 Å². The minimum Gasteiger partial charge on any atom is -0.381 e. The van der Waals surface area contributed by atoms with Gasteiger partial charge in [0.25, 0.3) is 5.56 Å². The first kappa shape index (κ1) is 18.6. The van der Waals surface area contributed by atoms with Crippen LogP contribution in [-0.4, -0.2) is 62.7 Å². The molecule has 0 radical (unpaired) electrons. The van der Waals surface area contributed by atoms with E-state index in [1.807, 2.05) is 11.0 Å². The van der Waals surface area contributed by atoms with Gasteiger partial charge >= 0.3 is 0 Å². The minimum absolute atomic E-state index is 0.0103. The van der Waals surface area contributed by atoms with Crippen LogP contribution in [-0.2, 0) is 22.5 Å². The fourth-order valence-corrected chi connectivity index (χ4v) is 5.47. The van der Waals surface area contributed by atoms with Gasteiger partial charge in [-0.3, -0.25) is 19.6 Å². The van der Waals surface area contributed by atoms with E-state index >= 15 is 0 Å². The van der Waals surface area contributed by atoms with Gasteiger partial charge in [0.05, 0.1) is 23.0 Å². The summed E-state index contributed by atoms with van der Waals surface area (Å²) in [6.45, 7) is 4.04. The molecule has 3 aliphatic heterocycles. The lowest BCUT2D eigenvalue weighted by Gasteiger charge is -2.36. The number of ether oxygens (including phenoxy) is 1. The first-order chi connectivity index (χ1) is 14.7. The maximum Gasteiger partial charge on any atom is 0.277 e. The Morgan fingerprint density at radius 1 is 1.13 bits per heavy atom. The molecule has 1 aliphatic carbocycles. The SMILES string of the molecule is O=C(C1CC1)N1CCCC1c1cc2nc3c(c(=O)n2[nH]1)CN(C1CCOCC1)CC3. The summed E-state index contributed by atoms with van der Waals surface area (Å²) < 4.78 is 7.10. The number of carbonyl (C=O) groups excluding carboxylic acids is 1. The molecule has 0 spiro atoms. The smallest absolute Gasteiger partial charge is 0.277 e. The zero-order valence-corrected chi connectivity index (χ0v) is 17.3. The van der Waals surface area contributed by atoms with Crippen molar-refractivity contribution in [2.24, 2.45) is 5.92 Å². The number of nitrogens with one attached hydrogen (secondary N) is 1. The summed E-state index contributed by atoms with van der Waals surface area (Å²) in [6, 6.07) is 2.51. The van der Waals surface area contributed by atoms with Crippen LogP contribution < -0.4 is 5.56 Å². The number of aromatic amines is 1. The van der Waals surface area contributed by atoms with Gasteiger partial charge in [-0.1, -0.05) is 0 Å². The van der Waals surface area contributed by atoms with E-state index in [-0.39, 0.29) is 23.4 Å². The summed E-state index contributed by atoms with van der Waals surface area (Å²) in [5.41, 5.74) is 3.38. The first-order valence-corrected chi connectivity index (χ1v) is 11.4. The Morgan fingerprint density at radius 2 is 1.97 bits per heavy atom. The molecule has 6 rings (SSSR count). The van der Waals surface area contributed by atoms with Crippen LogP contribution in [0.2, 0.25) is 0 Å². The Bertz CT molecular complexity index is 1030. The molecule has 1 unspecified atom stereocenters.